The summed E-state index contributed by atoms with van der Waals surface area (Å²) in [6.07, 6.45) is 1.35. The van der Waals surface area contributed by atoms with Gasteiger partial charge in [0.2, 0.25) is 0 Å². The molecule has 0 aromatic heterocycles. The minimum absolute atomic E-state index is 0.00478. The molecule has 1 aliphatic heterocycles. The standard InChI is InChI=1S/C11H19NO4/c1-15-7-3-5-12-6-4-10(13)9(8-12)11(14)16-2/h9H,3-8H2,1-2H3. The van der Waals surface area contributed by atoms with Gasteiger partial charge < -0.3 is 14.4 Å². The van der Waals surface area contributed by atoms with Crippen molar-refractivity contribution in [3.05, 3.63) is 0 Å². The van der Waals surface area contributed by atoms with Gasteiger partial charge in [0.05, 0.1) is 7.11 Å². The smallest absolute Gasteiger partial charge is 0.317 e. The van der Waals surface area contributed by atoms with E-state index in [0.717, 1.165) is 19.5 Å². The van der Waals surface area contributed by atoms with E-state index in [-0.39, 0.29) is 5.78 Å². The Hall–Kier alpha value is -0.940. The highest BCUT2D eigenvalue weighted by molar-refractivity contribution is 5.99. The van der Waals surface area contributed by atoms with Gasteiger partial charge in [-0.1, -0.05) is 0 Å². The molecule has 0 spiro atoms. The summed E-state index contributed by atoms with van der Waals surface area (Å²) in [7, 11) is 2.98. The molecular weight excluding hydrogens is 210 g/mol. The van der Waals surface area contributed by atoms with Gasteiger partial charge in [-0.2, -0.15) is 0 Å². The maximum atomic E-state index is 11.5. The summed E-state index contributed by atoms with van der Waals surface area (Å²) in [5.41, 5.74) is 0. The van der Waals surface area contributed by atoms with E-state index in [1.165, 1.54) is 7.11 Å². The van der Waals surface area contributed by atoms with Crippen LogP contribution >= 0.6 is 0 Å². The lowest BCUT2D eigenvalue weighted by molar-refractivity contribution is -0.151. The van der Waals surface area contributed by atoms with Crippen molar-refractivity contribution in [3.8, 4) is 0 Å². The minimum atomic E-state index is -0.596. The summed E-state index contributed by atoms with van der Waals surface area (Å²) in [5.74, 6) is -1.02. The van der Waals surface area contributed by atoms with Crippen molar-refractivity contribution in [2.45, 2.75) is 12.8 Å². The second-order valence-electron chi connectivity index (χ2n) is 3.94. The van der Waals surface area contributed by atoms with E-state index in [0.29, 0.717) is 19.6 Å². The number of esters is 1. The van der Waals surface area contributed by atoms with Crippen molar-refractivity contribution < 1.29 is 19.1 Å². The van der Waals surface area contributed by atoms with E-state index in [4.69, 9.17) is 4.74 Å². The van der Waals surface area contributed by atoms with Crippen molar-refractivity contribution in [2.75, 3.05) is 40.5 Å². The molecular formula is C11H19NO4. The van der Waals surface area contributed by atoms with E-state index in [1.807, 2.05) is 0 Å². The first-order valence-corrected chi connectivity index (χ1v) is 5.51. The van der Waals surface area contributed by atoms with Gasteiger partial charge >= 0.3 is 5.97 Å². The molecule has 1 aliphatic rings. The zero-order valence-corrected chi connectivity index (χ0v) is 9.90. The number of piperidine rings is 1. The number of methoxy groups -OCH3 is 2. The van der Waals surface area contributed by atoms with E-state index in [1.54, 1.807) is 7.11 Å². The number of ether oxygens (including phenoxy) is 2. The molecule has 1 rings (SSSR count). The molecule has 0 saturated carbocycles. The van der Waals surface area contributed by atoms with Gasteiger partial charge in [-0.25, -0.2) is 0 Å². The average Bonchev–Trinajstić information content (AvgIpc) is 2.30. The minimum Gasteiger partial charge on any atom is -0.468 e. The average molecular weight is 229 g/mol. The Labute approximate surface area is 95.7 Å². The third-order valence-corrected chi connectivity index (χ3v) is 2.81. The molecule has 0 aromatic carbocycles. The highest BCUT2D eigenvalue weighted by Gasteiger charge is 2.33. The van der Waals surface area contributed by atoms with E-state index >= 15 is 0 Å². The molecule has 0 bridgehead atoms. The molecule has 0 amide bonds. The maximum Gasteiger partial charge on any atom is 0.317 e. The molecule has 5 nitrogen and oxygen atoms in total. The first-order valence-electron chi connectivity index (χ1n) is 5.51. The van der Waals surface area contributed by atoms with Gasteiger partial charge in [-0.15, -0.1) is 0 Å². The Bertz CT molecular complexity index is 246. The Kier molecular flexibility index (Phi) is 5.42. The SMILES string of the molecule is COCCCN1CCC(=O)C(C(=O)OC)C1. The molecule has 92 valence electrons. The quantitative estimate of drug-likeness (QED) is 0.380. The number of hydrogen-bond acceptors (Lipinski definition) is 5. The zero-order chi connectivity index (χ0) is 12.0. The first-order chi connectivity index (χ1) is 7.69. The monoisotopic (exact) mass is 229 g/mol. The van der Waals surface area contributed by atoms with Gasteiger partial charge in [0.25, 0.3) is 0 Å². The van der Waals surface area contributed by atoms with Crippen LogP contribution in [0, 0.1) is 5.92 Å². The largest absolute Gasteiger partial charge is 0.468 e. The van der Waals surface area contributed by atoms with Crippen molar-refractivity contribution >= 4 is 11.8 Å². The van der Waals surface area contributed by atoms with E-state index < -0.39 is 11.9 Å². The van der Waals surface area contributed by atoms with Gasteiger partial charge in [-0.3, -0.25) is 9.59 Å². The highest BCUT2D eigenvalue weighted by Crippen LogP contribution is 2.14. The Balaban J connectivity index is 2.41. The predicted molar refractivity (Wildman–Crippen MR) is 58.1 cm³/mol. The van der Waals surface area contributed by atoms with Crippen LogP contribution in [0.25, 0.3) is 0 Å². The summed E-state index contributed by atoms with van der Waals surface area (Å²) in [4.78, 5) is 25.0. The molecule has 16 heavy (non-hydrogen) atoms. The molecule has 1 unspecified atom stereocenters. The maximum absolute atomic E-state index is 11.5. The molecule has 5 heteroatoms. The summed E-state index contributed by atoms with van der Waals surface area (Å²) in [6.45, 7) is 2.77. The fraction of sp³-hybridized carbons (Fsp3) is 0.818. The number of nitrogens with zero attached hydrogens (tertiary/aromatic N) is 1. The summed E-state index contributed by atoms with van der Waals surface area (Å²) in [5, 5.41) is 0. The van der Waals surface area contributed by atoms with Crippen molar-refractivity contribution in [3.63, 3.8) is 0 Å². The fourth-order valence-electron chi connectivity index (χ4n) is 1.88. The Morgan fingerprint density at radius 3 is 2.88 bits per heavy atom. The Morgan fingerprint density at radius 2 is 2.25 bits per heavy atom. The number of carbonyl (C=O) groups is 2. The molecule has 1 saturated heterocycles. The van der Waals surface area contributed by atoms with Gasteiger partial charge in [0.15, 0.2) is 0 Å². The number of rotatable bonds is 5. The molecule has 0 N–H and O–H groups in total. The lowest BCUT2D eigenvalue weighted by Gasteiger charge is -2.30. The van der Waals surface area contributed by atoms with Crippen LogP contribution < -0.4 is 0 Å². The third-order valence-electron chi connectivity index (χ3n) is 2.81. The van der Waals surface area contributed by atoms with Crippen molar-refractivity contribution in [2.24, 2.45) is 5.92 Å². The van der Waals surface area contributed by atoms with Crippen LogP contribution in [0.1, 0.15) is 12.8 Å². The van der Waals surface area contributed by atoms with E-state index in [9.17, 15) is 9.59 Å². The molecule has 0 radical (unpaired) electrons. The highest BCUT2D eigenvalue weighted by atomic mass is 16.5. The number of Topliss-reactive ketones (excluding diaryl/α,β-unsaturated/α-hetero) is 1. The Morgan fingerprint density at radius 1 is 1.50 bits per heavy atom. The van der Waals surface area contributed by atoms with E-state index in [2.05, 4.69) is 9.64 Å². The van der Waals surface area contributed by atoms with Gasteiger partial charge in [0.1, 0.15) is 11.7 Å². The van der Waals surface area contributed by atoms with Crippen LogP contribution in [0.15, 0.2) is 0 Å². The topological polar surface area (TPSA) is 55.8 Å². The van der Waals surface area contributed by atoms with Crippen molar-refractivity contribution in [1.82, 2.24) is 4.90 Å². The molecule has 0 aliphatic carbocycles. The van der Waals surface area contributed by atoms with Crippen molar-refractivity contribution in [1.29, 1.82) is 0 Å². The second kappa shape index (κ2) is 6.60. The normalized spacial score (nSPS) is 22.1. The predicted octanol–water partition coefficient (Wildman–Crippen LogP) is 0.0869. The van der Waals surface area contributed by atoms with Crippen LogP contribution in [0.5, 0.6) is 0 Å². The number of hydrogen-bond donors (Lipinski definition) is 0. The van der Waals surface area contributed by atoms with Crippen LogP contribution in [0.2, 0.25) is 0 Å². The van der Waals surface area contributed by atoms with Crippen LogP contribution in [0.3, 0.4) is 0 Å². The fourth-order valence-corrected chi connectivity index (χ4v) is 1.88. The lowest BCUT2D eigenvalue weighted by Crippen LogP contribution is -2.45. The molecule has 1 atom stereocenters. The molecule has 1 heterocycles. The van der Waals surface area contributed by atoms with Crippen LogP contribution in [0.4, 0.5) is 0 Å². The summed E-state index contributed by atoms with van der Waals surface area (Å²) < 4.78 is 9.59. The molecule has 1 fully saturated rings. The second-order valence-corrected chi connectivity index (χ2v) is 3.94. The van der Waals surface area contributed by atoms with Crippen LogP contribution in [-0.2, 0) is 19.1 Å². The molecule has 0 aromatic rings. The number of ketones is 1. The number of carbonyl (C=O) groups excluding carboxylic acids is 2. The van der Waals surface area contributed by atoms with Crippen LogP contribution in [-0.4, -0.2) is 57.1 Å². The summed E-state index contributed by atoms with van der Waals surface area (Å²) in [6, 6.07) is 0. The summed E-state index contributed by atoms with van der Waals surface area (Å²) >= 11 is 0. The zero-order valence-electron chi connectivity index (χ0n) is 9.90. The van der Waals surface area contributed by atoms with Gasteiger partial charge in [-0.05, 0) is 6.42 Å². The lowest BCUT2D eigenvalue weighted by atomic mass is 9.96. The third kappa shape index (κ3) is 3.57. The first kappa shape index (κ1) is 13.1. The van der Waals surface area contributed by atoms with Gasteiger partial charge in [0, 0.05) is 39.8 Å². The number of likely N-dealkylation sites (tertiary alicyclic amines) is 1.